The summed E-state index contributed by atoms with van der Waals surface area (Å²) >= 11 is 0. The van der Waals surface area contributed by atoms with Gasteiger partial charge in [0.2, 0.25) is 0 Å². The van der Waals surface area contributed by atoms with Crippen LogP contribution in [0.5, 0.6) is 0 Å². The number of para-hydroxylation sites is 1. The Kier molecular flexibility index (Phi) is 2.29. The van der Waals surface area contributed by atoms with Crippen molar-refractivity contribution in [3.8, 4) is 0 Å². The smallest absolute Gasteiger partial charge is 0.408 e. The standard InChI is InChI=1S/C12H14N2O2/c15-12-14-10-5-1-4-9(11(10)16-12)8-3-2-6-13-7-8/h1,4-5,8,13H,2-3,6-7H2,(H,14,15)/t8-/m1/s1. The molecule has 0 unspecified atom stereocenters. The molecule has 1 atom stereocenters. The zero-order valence-corrected chi connectivity index (χ0v) is 8.95. The quantitative estimate of drug-likeness (QED) is 0.764. The van der Waals surface area contributed by atoms with Gasteiger partial charge in [0.25, 0.3) is 0 Å². The second-order valence-electron chi connectivity index (χ2n) is 4.28. The molecule has 1 fully saturated rings. The number of fused-ring (bicyclic) bond motifs is 1. The highest BCUT2D eigenvalue weighted by molar-refractivity contribution is 5.76. The first-order valence-electron chi connectivity index (χ1n) is 5.67. The van der Waals surface area contributed by atoms with E-state index in [1.54, 1.807) is 0 Å². The molecule has 4 heteroatoms. The molecular formula is C12H14N2O2. The lowest BCUT2D eigenvalue weighted by atomic mass is 9.91. The molecule has 3 rings (SSSR count). The van der Waals surface area contributed by atoms with E-state index < -0.39 is 0 Å². The van der Waals surface area contributed by atoms with Gasteiger partial charge in [0.1, 0.15) is 0 Å². The highest BCUT2D eigenvalue weighted by atomic mass is 16.4. The van der Waals surface area contributed by atoms with Crippen molar-refractivity contribution < 1.29 is 4.42 Å². The average Bonchev–Trinajstić information content (AvgIpc) is 2.70. The molecule has 1 aliphatic rings. The van der Waals surface area contributed by atoms with Crippen molar-refractivity contribution >= 4 is 11.1 Å². The molecule has 2 N–H and O–H groups in total. The fourth-order valence-electron chi connectivity index (χ4n) is 2.43. The Hall–Kier alpha value is -1.55. The molecule has 1 saturated heterocycles. The lowest BCUT2D eigenvalue weighted by Gasteiger charge is -2.22. The molecule has 0 saturated carbocycles. The zero-order chi connectivity index (χ0) is 11.0. The van der Waals surface area contributed by atoms with E-state index in [-0.39, 0.29) is 5.76 Å². The fraction of sp³-hybridized carbons (Fsp3) is 0.417. The Morgan fingerprint density at radius 3 is 3.12 bits per heavy atom. The van der Waals surface area contributed by atoms with Crippen LogP contribution in [-0.2, 0) is 0 Å². The fourth-order valence-corrected chi connectivity index (χ4v) is 2.43. The third-order valence-corrected chi connectivity index (χ3v) is 3.21. The molecule has 2 heterocycles. The molecule has 16 heavy (non-hydrogen) atoms. The van der Waals surface area contributed by atoms with E-state index in [0.717, 1.165) is 36.2 Å². The molecule has 0 radical (unpaired) electrons. The summed E-state index contributed by atoms with van der Waals surface area (Å²) in [5, 5.41) is 3.37. The number of benzene rings is 1. The first kappa shape index (κ1) is 9.66. The third kappa shape index (κ3) is 1.55. The number of hydrogen-bond donors (Lipinski definition) is 2. The monoisotopic (exact) mass is 218 g/mol. The topological polar surface area (TPSA) is 58.0 Å². The summed E-state index contributed by atoms with van der Waals surface area (Å²) in [5.41, 5.74) is 2.66. The molecule has 0 amide bonds. The van der Waals surface area contributed by atoms with Gasteiger partial charge in [0.05, 0.1) is 5.52 Å². The molecule has 0 spiro atoms. The van der Waals surface area contributed by atoms with Crippen LogP contribution in [0.15, 0.2) is 27.4 Å². The first-order chi connectivity index (χ1) is 7.84. The van der Waals surface area contributed by atoms with Crippen LogP contribution < -0.4 is 11.1 Å². The summed E-state index contributed by atoms with van der Waals surface area (Å²) in [7, 11) is 0. The zero-order valence-electron chi connectivity index (χ0n) is 8.95. The van der Waals surface area contributed by atoms with E-state index in [1.165, 1.54) is 6.42 Å². The maximum Gasteiger partial charge on any atom is 0.417 e. The first-order valence-corrected chi connectivity index (χ1v) is 5.67. The molecule has 1 aromatic carbocycles. The predicted molar refractivity (Wildman–Crippen MR) is 61.7 cm³/mol. The lowest BCUT2D eigenvalue weighted by molar-refractivity contribution is 0.456. The van der Waals surface area contributed by atoms with E-state index in [9.17, 15) is 4.79 Å². The van der Waals surface area contributed by atoms with E-state index >= 15 is 0 Å². The van der Waals surface area contributed by atoms with Crippen molar-refractivity contribution in [1.82, 2.24) is 10.3 Å². The maximum atomic E-state index is 11.2. The number of aromatic amines is 1. The van der Waals surface area contributed by atoms with Crippen LogP contribution in [-0.4, -0.2) is 18.1 Å². The number of H-pyrrole nitrogens is 1. The van der Waals surface area contributed by atoms with Crippen LogP contribution in [0.2, 0.25) is 0 Å². The van der Waals surface area contributed by atoms with Gasteiger partial charge in [-0.25, -0.2) is 4.79 Å². The molecule has 2 aromatic rings. The Balaban J connectivity index is 2.11. The van der Waals surface area contributed by atoms with Crippen molar-refractivity contribution in [1.29, 1.82) is 0 Å². The SMILES string of the molecule is O=c1[nH]c2cccc([C@@H]3CCCNC3)c2o1. The van der Waals surface area contributed by atoms with Crippen molar-refractivity contribution in [3.63, 3.8) is 0 Å². The average molecular weight is 218 g/mol. The van der Waals surface area contributed by atoms with E-state index in [4.69, 9.17) is 4.42 Å². The normalized spacial score (nSPS) is 21.4. The summed E-state index contributed by atoms with van der Waals surface area (Å²) in [5.74, 6) is 0.0858. The lowest BCUT2D eigenvalue weighted by Crippen LogP contribution is -2.28. The maximum absolute atomic E-state index is 11.2. The molecule has 0 aliphatic carbocycles. The van der Waals surface area contributed by atoms with Crippen molar-refractivity contribution in [2.75, 3.05) is 13.1 Å². The molecule has 1 aromatic heterocycles. The van der Waals surface area contributed by atoms with Gasteiger partial charge >= 0.3 is 5.76 Å². The van der Waals surface area contributed by atoms with Crippen molar-refractivity contribution in [2.45, 2.75) is 18.8 Å². The molecule has 1 aliphatic heterocycles. The summed E-state index contributed by atoms with van der Waals surface area (Å²) in [6.07, 6.45) is 2.33. The number of oxazole rings is 1. The van der Waals surface area contributed by atoms with Gasteiger partial charge in [0, 0.05) is 18.0 Å². The van der Waals surface area contributed by atoms with Crippen LogP contribution in [0.1, 0.15) is 24.3 Å². The van der Waals surface area contributed by atoms with E-state index in [2.05, 4.69) is 16.4 Å². The van der Waals surface area contributed by atoms with Gasteiger partial charge in [-0.3, -0.25) is 4.98 Å². The van der Waals surface area contributed by atoms with Crippen LogP contribution in [0.3, 0.4) is 0 Å². The minimum Gasteiger partial charge on any atom is -0.408 e. The van der Waals surface area contributed by atoms with Gasteiger partial charge in [-0.1, -0.05) is 12.1 Å². The van der Waals surface area contributed by atoms with Gasteiger partial charge in [-0.2, -0.15) is 0 Å². The second-order valence-corrected chi connectivity index (χ2v) is 4.28. The Morgan fingerprint density at radius 1 is 1.38 bits per heavy atom. The second kappa shape index (κ2) is 3.79. The minimum atomic E-state index is -0.369. The van der Waals surface area contributed by atoms with Crippen LogP contribution in [0, 0.1) is 0 Å². The number of hydrogen-bond acceptors (Lipinski definition) is 3. The Bertz CT molecular complexity index is 549. The number of piperidine rings is 1. The highest BCUT2D eigenvalue weighted by Gasteiger charge is 2.19. The largest absolute Gasteiger partial charge is 0.417 e. The number of aromatic nitrogens is 1. The van der Waals surface area contributed by atoms with E-state index in [1.807, 2.05) is 12.1 Å². The minimum absolute atomic E-state index is 0.369. The Labute approximate surface area is 92.7 Å². The molecule has 84 valence electrons. The summed E-state index contributed by atoms with van der Waals surface area (Å²) in [6.45, 7) is 2.05. The van der Waals surface area contributed by atoms with Crippen LogP contribution in [0.25, 0.3) is 11.1 Å². The van der Waals surface area contributed by atoms with Gasteiger partial charge < -0.3 is 9.73 Å². The van der Waals surface area contributed by atoms with Crippen molar-refractivity contribution in [2.24, 2.45) is 0 Å². The summed E-state index contributed by atoms with van der Waals surface area (Å²) in [4.78, 5) is 13.9. The Morgan fingerprint density at radius 2 is 2.31 bits per heavy atom. The van der Waals surface area contributed by atoms with Gasteiger partial charge in [-0.05, 0) is 25.5 Å². The van der Waals surface area contributed by atoms with E-state index in [0.29, 0.717) is 5.92 Å². The van der Waals surface area contributed by atoms with Crippen LogP contribution in [0.4, 0.5) is 0 Å². The number of nitrogens with one attached hydrogen (secondary N) is 2. The third-order valence-electron chi connectivity index (χ3n) is 3.21. The summed E-state index contributed by atoms with van der Waals surface area (Å²) in [6, 6.07) is 5.90. The van der Waals surface area contributed by atoms with Gasteiger partial charge in [0.15, 0.2) is 5.58 Å². The molecular weight excluding hydrogens is 204 g/mol. The number of rotatable bonds is 1. The molecule has 4 nitrogen and oxygen atoms in total. The predicted octanol–water partition coefficient (Wildman–Crippen LogP) is 1.59. The highest BCUT2D eigenvalue weighted by Crippen LogP contribution is 2.28. The van der Waals surface area contributed by atoms with Crippen molar-refractivity contribution in [3.05, 3.63) is 34.3 Å². The summed E-state index contributed by atoms with van der Waals surface area (Å²) < 4.78 is 5.21. The van der Waals surface area contributed by atoms with Crippen LogP contribution >= 0.6 is 0 Å². The molecule has 0 bridgehead atoms. The van der Waals surface area contributed by atoms with Gasteiger partial charge in [-0.15, -0.1) is 0 Å².